The van der Waals surface area contributed by atoms with Crippen molar-refractivity contribution in [1.82, 2.24) is 4.90 Å². The third-order valence-electron chi connectivity index (χ3n) is 5.71. The molecule has 6 nitrogen and oxygen atoms in total. The van der Waals surface area contributed by atoms with E-state index in [1.807, 2.05) is 29.2 Å². The zero-order valence-electron chi connectivity index (χ0n) is 17.2. The Morgan fingerprint density at radius 2 is 1.97 bits per heavy atom. The van der Waals surface area contributed by atoms with Crippen LogP contribution in [0.3, 0.4) is 0 Å². The van der Waals surface area contributed by atoms with E-state index >= 15 is 0 Å². The van der Waals surface area contributed by atoms with Crippen LogP contribution in [-0.2, 0) is 11.2 Å². The van der Waals surface area contributed by atoms with Crippen molar-refractivity contribution in [2.75, 3.05) is 25.3 Å². The Bertz CT molecular complexity index is 947. The number of fused-ring (bicyclic) bond motifs is 1. The number of anilines is 1. The number of ether oxygens (including phenoxy) is 2. The van der Waals surface area contributed by atoms with Crippen molar-refractivity contribution in [3.8, 4) is 5.75 Å². The second-order valence-electron chi connectivity index (χ2n) is 7.71. The van der Waals surface area contributed by atoms with E-state index in [1.54, 1.807) is 12.3 Å². The predicted octanol–water partition coefficient (Wildman–Crippen LogP) is 4.13. The Morgan fingerprint density at radius 1 is 1.20 bits per heavy atom. The zero-order valence-corrected chi connectivity index (χ0v) is 17.2. The van der Waals surface area contributed by atoms with Gasteiger partial charge in [-0.3, -0.25) is 4.79 Å². The summed E-state index contributed by atoms with van der Waals surface area (Å²) in [7, 11) is 0. The van der Waals surface area contributed by atoms with Gasteiger partial charge in [0.2, 0.25) is 0 Å². The summed E-state index contributed by atoms with van der Waals surface area (Å²) < 4.78 is 11.4. The molecule has 4 rings (SSSR count). The molecule has 156 valence electrons. The molecule has 0 saturated carbocycles. The van der Waals surface area contributed by atoms with Crippen LogP contribution in [-0.4, -0.2) is 43.0 Å². The monoisotopic (exact) mass is 405 g/mol. The molecule has 2 aromatic carbocycles. The van der Waals surface area contributed by atoms with Crippen LogP contribution in [0.25, 0.3) is 0 Å². The average Bonchev–Trinajstić information content (AvgIpc) is 2.77. The summed E-state index contributed by atoms with van der Waals surface area (Å²) in [6.07, 6.45) is 7.06. The first-order valence-corrected chi connectivity index (χ1v) is 10.3. The van der Waals surface area contributed by atoms with Crippen LogP contribution >= 0.6 is 0 Å². The quantitative estimate of drug-likeness (QED) is 0.709. The van der Waals surface area contributed by atoms with Crippen LogP contribution in [0.4, 0.5) is 5.69 Å². The highest BCUT2D eigenvalue weighted by Crippen LogP contribution is 2.31. The van der Waals surface area contributed by atoms with Gasteiger partial charge in [-0.05, 0) is 73.2 Å². The van der Waals surface area contributed by atoms with E-state index in [9.17, 15) is 4.79 Å². The van der Waals surface area contributed by atoms with Gasteiger partial charge < -0.3 is 25.1 Å². The second kappa shape index (κ2) is 9.13. The molecule has 0 atom stereocenters. The molecule has 1 fully saturated rings. The third-order valence-corrected chi connectivity index (χ3v) is 5.71. The van der Waals surface area contributed by atoms with Gasteiger partial charge in [-0.15, -0.1) is 0 Å². The van der Waals surface area contributed by atoms with E-state index in [4.69, 9.17) is 14.9 Å². The Balaban J connectivity index is 1.51. The van der Waals surface area contributed by atoms with Gasteiger partial charge in [-0.1, -0.05) is 12.1 Å². The lowest BCUT2D eigenvalue weighted by Crippen LogP contribution is -2.47. The fourth-order valence-corrected chi connectivity index (χ4v) is 3.95. The van der Waals surface area contributed by atoms with Gasteiger partial charge in [0.25, 0.3) is 5.91 Å². The maximum absolute atomic E-state index is 13.2. The van der Waals surface area contributed by atoms with E-state index in [0.29, 0.717) is 31.3 Å². The molecule has 2 aliphatic heterocycles. The number of carbonyl (C=O) groups excluding carboxylic acids is 1. The predicted molar refractivity (Wildman–Crippen MR) is 117 cm³/mol. The van der Waals surface area contributed by atoms with Gasteiger partial charge in [0.15, 0.2) is 6.73 Å². The molecule has 1 saturated heterocycles. The molecule has 30 heavy (non-hydrogen) atoms. The third kappa shape index (κ3) is 4.39. The maximum atomic E-state index is 13.2. The molecular formula is C24H27N3O3. The number of hydrogen-bond acceptors (Lipinski definition) is 5. The summed E-state index contributed by atoms with van der Waals surface area (Å²) >= 11 is 0. The van der Waals surface area contributed by atoms with Gasteiger partial charge >= 0.3 is 0 Å². The Morgan fingerprint density at radius 3 is 2.70 bits per heavy atom. The van der Waals surface area contributed by atoms with Crippen molar-refractivity contribution in [2.45, 2.75) is 32.2 Å². The van der Waals surface area contributed by atoms with Crippen molar-refractivity contribution < 1.29 is 14.3 Å². The molecule has 0 bridgehead atoms. The number of hydrogen-bond donors (Lipinski definition) is 2. The minimum absolute atomic E-state index is 0.0573. The summed E-state index contributed by atoms with van der Waals surface area (Å²) in [5.74, 6) is 0.740. The van der Waals surface area contributed by atoms with Crippen LogP contribution in [0.1, 0.15) is 39.9 Å². The van der Waals surface area contributed by atoms with Crippen molar-refractivity contribution in [3.05, 3.63) is 70.9 Å². The molecule has 0 aromatic heterocycles. The molecule has 0 unspecified atom stereocenters. The molecule has 6 heteroatoms. The van der Waals surface area contributed by atoms with Gasteiger partial charge in [0.1, 0.15) is 5.75 Å². The summed E-state index contributed by atoms with van der Waals surface area (Å²) in [5, 5.41) is 10.1. The fraction of sp³-hybridized carbons (Fsp3) is 0.333. The van der Waals surface area contributed by atoms with E-state index in [2.05, 4.69) is 24.4 Å². The highest BCUT2D eigenvalue weighted by Gasteiger charge is 2.32. The van der Waals surface area contributed by atoms with Crippen LogP contribution < -0.4 is 10.1 Å². The Labute approximate surface area is 177 Å². The smallest absolute Gasteiger partial charge is 0.260 e. The Kier molecular flexibility index (Phi) is 6.14. The first-order valence-electron chi connectivity index (χ1n) is 10.3. The lowest BCUT2D eigenvalue weighted by atomic mass is 9.96. The van der Waals surface area contributed by atoms with Gasteiger partial charge in [-0.2, -0.15) is 0 Å². The first kappa shape index (κ1) is 20.2. The molecule has 0 aliphatic carbocycles. The summed E-state index contributed by atoms with van der Waals surface area (Å²) in [5.41, 5.74) is 5.05. The zero-order chi connectivity index (χ0) is 20.9. The number of nitrogens with one attached hydrogen (secondary N) is 2. The number of rotatable bonds is 6. The molecule has 2 heterocycles. The van der Waals surface area contributed by atoms with E-state index in [-0.39, 0.29) is 11.9 Å². The molecule has 2 aromatic rings. The van der Waals surface area contributed by atoms with Crippen LogP contribution in [0, 0.1) is 12.3 Å². The van der Waals surface area contributed by atoms with Gasteiger partial charge in [0, 0.05) is 37.4 Å². The number of nitrogens with zero attached hydrogens (tertiary/aromatic N) is 1. The van der Waals surface area contributed by atoms with Crippen LogP contribution in [0.15, 0.2) is 48.7 Å². The molecule has 2 N–H and O–H groups in total. The summed E-state index contributed by atoms with van der Waals surface area (Å²) in [6, 6.07) is 12.3. The number of carbonyl (C=O) groups is 1. The highest BCUT2D eigenvalue weighted by molar-refractivity contribution is 5.98. The molecule has 1 amide bonds. The maximum Gasteiger partial charge on any atom is 0.260 e. The number of allylic oxidation sites excluding steroid dienone is 1. The average molecular weight is 405 g/mol. The lowest BCUT2D eigenvalue weighted by molar-refractivity contribution is 0.00193. The van der Waals surface area contributed by atoms with Crippen molar-refractivity contribution in [2.24, 2.45) is 0 Å². The molecule has 0 radical (unpaired) electrons. The van der Waals surface area contributed by atoms with E-state index < -0.39 is 0 Å². The SMILES string of the molecule is Cc1cc2c(cc1Cc1ccc(N/C=C\C=N)cc1)C(=O)N(C1CCOCC1)CO2. The fourth-order valence-electron chi connectivity index (χ4n) is 3.95. The number of amides is 1. The van der Waals surface area contributed by atoms with Gasteiger partial charge in [-0.25, -0.2) is 0 Å². The van der Waals surface area contributed by atoms with Gasteiger partial charge in [0.05, 0.1) is 5.56 Å². The summed E-state index contributed by atoms with van der Waals surface area (Å²) in [6.45, 7) is 3.77. The van der Waals surface area contributed by atoms with Crippen LogP contribution in [0.2, 0.25) is 0 Å². The molecule has 2 aliphatic rings. The topological polar surface area (TPSA) is 74.7 Å². The number of benzene rings is 2. The van der Waals surface area contributed by atoms with Crippen molar-refractivity contribution >= 4 is 17.8 Å². The standard InChI is InChI=1S/C24H27N3O3/c1-17-13-23-22(24(28)27(16-30-23)21-7-11-29-12-8-21)15-19(17)14-18-3-5-20(6-4-18)26-10-2-9-25/h2-6,9-10,13,15,21,25-26H,7-8,11-12,14,16H2,1H3/b10-2-,25-9?. The summed E-state index contributed by atoms with van der Waals surface area (Å²) in [4.78, 5) is 15.0. The second-order valence-corrected chi connectivity index (χ2v) is 7.71. The highest BCUT2D eigenvalue weighted by atomic mass is 16.5. The first-order chi connectivity index (χ1) is 14.7. The van der Waals surface area contributed by atoms with E-state index in [0.717, 1.165) is 36.1 Å². The van der Waals surface area contributed by atoms with Crippen LogP contribution in [0.5, 0.6) is 5.75 Å². The minimum Gasteiger partial charge on any atom is -0.472 e. The largest absolute Gasteiger partial charge is 0.472 e. The minimum atomic E-state index is 0.0573. The van der Waals surface area contributed by atoms with Crippen molar-refractivity contribution in [1.29, 1.82) is 5.41 Å². The van der Waals surface area contributed by atoms with Crippen molar-refractivity contribution in [3.63, 3.8) is 0 Å². The Hall–Kier alpha value is -3.12. The normalized spacial score (nSPS) is 17.0. The van der Waals surface area contributed by atoms with E-state index in [1.165, 1.54) is 11.8 Å². The molecular weight excluding hydrogens is 378 g/mol. The number of aryl methyl sites for hydroxylation is 1. The lowest BCUT2D eigenvalue weighted by Gasteiger charge is -2.37. The molecule has 0 spiro atoms.